The van der Waals surface area contributed by atoms with E-state index in [2.05, 4.69) is 65.3 Å². The van der Waals surface area contributed by atoms with E-state index in [-0.39, 0.29) is 0 Å². The highest BCUT2D eigenvalue weighted by Gasteiger charge is 2.34. The molecule has 1 aliphatic heterocycles. The number of rotatable bonds is 2. The van der Waals surface area contributed by atoms with Gasteiger partial charge in [-0.3, -0.25) is 0 Å². The maximum absolute atomic E-state index is 6.48. The monoisotopic (exact) mass is 352 g/mol. The second kappa shape index (κ2) is 5.56. The number of nitrogens with zero attached hydrogens (tertiary/aromatic N) is 2. The molecule has 5 rings (SSSR count). The number of hydrogen-bond acceptors (Lipinski definition) is 3. The molecule has 1 aliphatic rings. The van der Waals surface area contributed by atoms with Crippen LogP contribution in [0.2, 0.25) is 0 Å². The first-order valence-corrected chi connectivity index (χ1v) is 9.29. The Hall–Kier alpha value is -2.88. The molecule has 0 spiro atoms. The van der Waals surface area contributed by atoms with E-state index in [4.69, 9.17) is 12.3 Å². The molecule has 0 unspecified atom stereocenters. The highest BCUT2D eigenvalue weighted by molar-refractivity contribution is 6.17. The largest absolute Gasteiger partial charge is 0.454 e. The fourth-order valence-corrected chi connectivity index (χ4v) is 4.11. The Morgan fingerprint density at radius 3 is 2.37 bits per heavy atom. The molecule has 0 atom stereocenters. The van der Waals surface area contributed by atoms with Crippen molar-refractivity contribution in [2.24, 2.45) is 0 Å². The summed E-state index contributed by atoms with van der Waals surface area (Å²) in [6, 6.07) is 21.0. The summed E-state index contributed by atoms with van der Waals surface area (Å²) in [5.41, 5.74) is 6.01. The summed E-state index contributed by atoms with van der Waals surface area (Å²) in [6.07, 6.45) is 0. The van der Waals surface area contributed by atoms with Crippen LogP contribution < -0.4 is 9.80 Å². The van der Waals surface area contributed by atoms with Gasteiger partial charge in [0.05, 0.1) is 23.7 Å². The number of para-hydroxylation sites is 3. The van der Waals surface area contributed by atoms with E-state index in [0.717, 1.165) is 39.0 Å². The number of anilines is 3. The van der Waals surface area contributed by atoms with Crippen LogP contribution in [0.15, 0.2) is 65.1 Å². The van der Waals surface area contributed by atoms with Gasteiger partial charge in [0.25, 0.3) is 0 Å². The summed E-state index contributed by atoms with van der Waals surface area (Å²) in [4.78, 5) is 4.56. The number of fused-ring (bicyclic) bond motifs is 4. The summed E-state index contributed by atoms with van der Waals surface area (Å²) < 4.78 is 6.32. The first kappa shape index (κ1) is 16.3. The Bertz CT molecular complexity index is 1170. The fraction of sp³-hybridized carbons (Fsp3) is 0.217. The predicted octanol–water partition coefficient (Wildman–Crippen LogP) is 5.71. The van der Waals surface area contributed by atoms with Gasteiger partial charge in [-0.1, -0.05) is 56.3 Å². The van der Waals surface area contributed by atoms with Gasteiger partial charge in [-0.15, -0.1) is 0 Å². The van der Waals surface area contributed by atoms with Crippen molar-refractivity contribution in [3.63, 3.8) is 0 Å². The third kappa shape index (κ3) is 2.36. The maximum Gasteiger partial charge on any atom is 0.159 e. The van der Waals surface area contributed by atoms with Gasteiger partial charge in [-0.25, -0.2) is 0 Å². The minimum atomic E-state index is -0.458. The molecule has 4 aromatic rings. The van der Waals surface area contributed by atoms with Crippen LogP contribution in [-0.4, -0.2) is 20.0 Å². The summed E-state index contributed by atoms with van der Waals surface area (Å²) in [5.74, 6) is 0. The predicted molar refractivity (Wildman–Crippen MR) is 114 cm³/mol. The zero-order chi connectivity index (χ0) is 18.8. The van der Waals surface area contributed by atoms with Crippen LogP contribution in [0, 0.1) is 6.92 Å². The molecular formula is C23H21BN2O. The first-order chi connectivity index (χ1) is 12.9. The Morgan fingerprint density at radius 2 is 1.59 bits per heavy atom. The lowest BCUT2D eigenvalue weighted by Gasteiger charge is -2.35. The van der Waals surface area contributed by atoms with Gasteiger partial charge in [0.1, 0.15) is 13.4 Å². The third-order valence-electron chi connectivity index (χ3n) is 5.43. The summed E-state index contributed by atoms with van der Waals surface area (Å²) in [7, 11) is 6.48. The van der Waals surface area contributed by atoms with Crippen molar-refractivity contribution in [2.45, 2.75) is 26.2 Å². The van der Waals surface area contributed by atoms with Crippen LogP contribution in [0.1, 0.15) is 19.4 Å². The topological polar surface area (TPSA) is 19.6 Å². The molecule has 3 nitrogen and oxygen atoms in total. The first-order valence-electron chi connectivity index (χ1n) is 9.29. The zero-order valence-electron chi connectivity index (χ0n) is 15.9. The molecule has 0 N–H and O–H groups in total. The minimum Gasteiger partial charge on any atom is -0.454 e. The normalized spacial score (nSPS) is 14.3. The van der Waals surface area contributed by atoms with E-state index in [9.17, 15) is 0 Å². The Kier molecular flexibility index (Phi) is 3.36. The van der Waals surface area contributed by atoms with Gasteiger partial charge in [-0.2, -0.15) is 0 Å². The molecule has 0 saturated heterocycles. The van der Waals surface area contributed by atoms with Crippen molar-refractivity contribution >= 4 is 46.8 Å². The van der Waals surface area contributed by atoms with E-state index in [1.54, 1.807) is 0 Å². The Labute approximate surface area is 160 Å². The average Bonchev–Trinajstić information content (AvgIpc) is 3.20. The van der Waals surface area contributed by atoms with Crippen molar-refractivity contribution in [1.82, 2.24) is 0 Å². The van der Waals surface area contributed by atoms with Gasteiger partial charge in [0.2, 0.25) is 0 Å². The molecule has 132 valence electrons. The lowest BCUT2D eigenvalue weighted by molar-refractivity contribution is 0.638. The SMILES string of the molecule is [B]C(C)(C)N1CN(c2c(C)ccc3c2oc2ccccc23)c2ccccc21. The van der Waals surface area contributed by atoms with Crippen LogP contribution in [0.5, 0.6) is 0 Å². The van der Waals surface area contributed by atoms with Crippen LogP contribution in [-0.2, 0) is 0 Å². The molecule has 0 fully saturated rings. The van der Waals surface area contributed by atoms with Crippen LogP contribution >= 0.6 is 0 Å². The highest BCUT2D eigenvalue weighted by atomic mass is 16.3. The quantitative estimate of drug-likeness (QED) is 0.431. The maximum atomic E-state index is 6.48. The molecule has 4 heteroatoms. The van der Waals surface area contributed by atoms with Crippen LogP contribution in [0.3, 0.4) is 0 Å². The molecule has 2 radical (unpaired) electrons. The molecule has 3 aromatic carbocycles. The van der Waals surface area contributed by atoms with Crippen molar-refractivity contribution in [1.29, 1.82) is 0 Å². The number of benzene rings is 3. The molecule has 0 aliphatic carbocycles. The molecule has 2 heterocycles. The lowest BCUT2D eigenvalue weighted by Crippen LogP contribution is -2.45. The molecule has 1 aromatic heterocycles. The second-order valence-corrected chi connectivity index (χ2v) is 7.85. The van der Waals surface area contributed by atoms with E-state index in [1.807, 2.05) is 26.0 Å². The third-order valence-corrected chi connectivity index (χ3v) is 5.43. The summed E-state index contributed by atoms with van der Waals surface area (Å²) in [5, 5.41) is 2.30. The summed E-state index contributed by atoms with van der Waals surface area (Å²) >= 11 is 0. The molecule has 0 bridgehead atoms. The highest BCUT2D eigenvalue weighted by Crippen LogP contribution is 2.47. The lowest BCUT2D eigenvalue weighted by atomic mass is 9.80. The van der Waals surface area contributed by atoms with Gasteiger partial charge in [0, 0.05) is 10.8 Å². The average molecular weight is 352 g/mol. The molecule has 0 saturated carbocycles. The van der Waals surface area contributed by atoms with E-state index >= 15 is 0 Å². The second-order valence-electron chi connectivity index (χ2n) is 7.85. The van der Waals surface area contributed by atoms with Gasteiger partial charge >= 0.3 is 0 Å². The molecule has 27 heavy (non-hydrogen) atoms. The van der Waals surface area contributed by atoms with Crippen molar-refractivity contribution in [3.8, 4) is 0 Å². The number of aryl methyl sites for hydroxylation is 1. The van der Waals surface area contributed by atoms with Crippen molar-refractivity contribution < 1.29 is 4.42 Å². The van der Waals surface area contributed by atoms with Crippen molar-refractivity contribution in [2.75, 3.05) is 16.5 Å². The van der Waals surface area contributed by atoms with Crippen LogP contribution in [0.4, 0.5) is 17.1 Å². The van der Waals surface area contributed by atoms with Gasteiger partial charge in [0.15, 0.2) is 5.58 Å². The smallest absolute Gasteiger partial charge is 0.159 e. The van der Waals surface area contributed by atoms with E-state index in [0.29, 0.717) is 6.67 Å². The molecular weight excluding hydrogens is 331 g/mol. The number of hydrogen-bond donors (Lipinski definition) is 0. The van der Waals surface area contributed by atoms with E-state index in [1.165, 1.54) is 5.56 Å². The minimum absolute atomic E-state index is 0.458. The Morgan fingerprint density at radius 1 is 0.889 bits per heavy atom. The molecule has 0 amide bonds. The number of furan rings is 1. The van der Waals surface area contributed by atoms with E-state index < -0.39 is 5.44 Å². The Balaban J connectivity index is 1.78. The van der Waals surface area contributed by atoms with Gasteiger partial charge < -0.3 is 14.2 Å². The zero-order valence-corrected chi connectivity index (χ0v) is 15.9. The fourth-order valence-electron chi connectivity index (χ4n) is 4.11. The van der Waals surface area contributed by atoms with Crippen molar-refractivity contribution in [3.05, 3.63) is 66.2 Å². The van der Waals surface area contributed by atoms with Gasteiger partial charge in [-0.05, 0) is 36.1 Å². The standard InChI is InChI=1S/C23H21BN2O/c1-15-12-13-17-16-8-4-7-11-20(16)27-22(17)21(15)25-14-26(23(2,3)24)19-10-6-5-9-18(19)25/h4-13H,14H2,1-3H3. The van der Waals surface area contributed by atoms with Crippen LogP contribution in [0.25, 0.3) is 21.9 Å². The summed E-state index contributed by atoms with van der Waals surface area (Å²) in [6.45, 7) is 6.92.